The van der Waals surface area contributed by atoms with Gasteiger partial charge in [0, 0.05) is 42.8 Å². The number of anilines is 2. The van der Waals surface area contributed by atoms with Gasteiger partial charge in [0.1, 0.15) is 0 Å². The van der Waals surface area contributed by atoms with Crippen molar-refractivity contribution in [2.75, 3.05) is 24.3 Å². The fourth-order valence-corrected chi connectivity index (χ4v) is 2.62. The van der Waals surface area contributed by atoms with Gasteiger partial charge in [-0.2, -0.15) is 0 Å². The van der Waals surface area contributed by atoms with E-state index < -0.39 is 0 Å². The van der Waals surface area contributed by atoms with Crippen molar-refractivity contribution < 1.29 is 9.59 Å². The van der Waals surface area contributed by atoms with E-state index in [1.165, 1.54) is 0 Å². The standard InChI is InChI=1S/C22H22N4O2/c1-26(2)20-11-9-18(10-12-20)25-22(28)17-7-5-6-16(14-17)21(27)24-15-19-8-3-4-13-23-19/h3-14H,15H2,1-2H3,(H,24,27)(H,25,28). The monoisotopic (exact) mass is 374 g/mol. The van der Waals surface area contributed by atoms with Crippen LogP contribution in [-0.4, -0.2) is 30.9 Å². The number of nitrogens with one attached hydrogen (secondary N) is 2. The number of carbonyl (C=O) groups excluding carboxylic acids is 2. The van der Waals surface area contributed by atoms with Gasteiger partial charge in [-0.3, -0.25) is 14.6 Å². The highest BCUT2D eigenvalue weighted by atomic mass is 16.2. The fourth-order valence-electron chi connectivity index (χ4n) is 2.62. The SMILES string of the molecule is CN(C)c1ccc(NC(=O)c2cccc(C(=O)NCc3ccccn3)c2)cc1. The molecule has 2 N–H and O–H groups in total. The summed E-state index contributed by atoms with van der Waals surface area (Å²) in [7, 11) is 3.91. The van der Waals surface area contributed by atoms with E-state index >= 15 is 0 Å². The molecule has 6 nitrogen and oxygen atoms in total. The third-order valence-corrected chi connectivity index (χ3v) is 4.18. The molecule has 1 heterocycles. The average Bonchev–Trinajstić information content (AvgIpc) is 2.73. The minimum absolute atomic E-state index is 0.254. The summed E-state index contributed by atoms with van der Waals surface area (Å²) in [4.78, 5) is 31.1. The molecule has 0 aliphatic rings. The number of amides is 2. The highest BCUT2D eigenvalue weighted by Crippen LogP contribution is 2.17. The van der Waals surface area contributed by atoms with Crippen LogP contribution in [0.3, 0.4) is 0 Å². The lowest BCUT2D eigenvalue weighted by Crippen LogP contribution is -2.23. The largest absolute Gasteiger partial charge is 0.378 e. The second-order valence-electron chi connectivity index (χ2n) is 6.48. The zero-order valence-corrected chi connectivity index (χ0v) is 15.8. The topological polar surface area (TPSA) is 74.3 Å². The summed E-state index contributed by atoms with van der Waals surface area (Å²) in [6.07, 6.45) is 1.68. The van der Waals surface area contributed by atoms with Gasteiger partial charge in [-0.15, -0.1) is 0 Å². The minimum atomic E-state index is -0.267. The van der Waals surface area contributed by atoms with E-state index in [1.807, 2.05) is 61.5 Å². The van der Waals surface area contributed by atoms with Gasteiger partial charge in [0.25, 0.3) is 11.8 Å². The average molecular weight is 374 g/mol. The molecule has 1 aromatic heterocycles. The number of nitrogens with zero attached hydrogens (tertiary/aromatic N) is 2. The first-order valence-electron chi connectivity index (χ1n) is 8.90. The van der Waals surface area contributed by atoms with Crippen LogP contribution in [0.1, 0.15) is 26.4 Å². The summed E-state index contributed by atoms with van der Waals surface area (Å²) < 4.78 is 0. The van der Waals surface area contributed by atoms with Gasteiger partial charge in [-0.05, 0) is 54.6 Å². The predicted molar refractivity (Wildman–Crippen MR) is 111 cm³/mol. The molecule has 0 unspecified atom stereocenters. The Morgan fingerprint density at radius 1 is 0.893 bits per heavy atom. The third-order valence-electron chi connectivity index (χ3n) is 4.18. The summed E-state index contributed by atoms with van der Waals surface area (Å²) in [5.41, 5.74) is 3.35. The molecule has 28 heavy (non-hydrogen) atoms. The molecule has 3 rings (SSSR count). The highest BCUT2D eigenvalue weighted by molar-refractivity contribution is 6.06. The molecule has 6 heteroatoms. The predicted octanol–water partition coefficient (Wildman–Crippen LogP) is 3.33. The molecule has 3 aromatic rings. The van der Waals surface area contributed by atoms with Crippen LogP contribution in [0.4, 0.5) is 11.4 Å². The van der Waals surface area contributed by atoms with Crippen molar-refractivity contribution in [2.24, 2.45) is 0 Å². The number of hydrogen-bond donors (Lipinski definition) is 2. The van der Waals surface area contributed by atoms with Crippen molar-refractivity contribution in [1.82, 2.24) is 10.3 Å². The van der Waals surface area contributed by atoms with Crippen LogP contribution in [0, 0.1) is 0 Å². The smallest absolute Gasteiger partial charge is 0.255 e. The molecule has 142 valence electrons. The third kappa shape index (κ3) is 4.94. The molecule has 0 aliphatic carbocycles. The summed E-state index contributed by atoms with van der Waals surface area (Å²) in [5.74, 6) is -0.521. The van der Waals surface area contributed by atoms with Crippen LogP contribution in [0.2, 0.25) is 0 Å². The molecule has 2 aromatic carbocycles. The van der Waals surface area contributed by atoms with Gasteiger partial charge >= 0.3 is 0 Å². The molecular weight excluding hydrogens is 352 g/mol. The summed E-state index contributed by atoms with van der Waals surface area (Å²) in [6, 6.07) is 19.7. The molecule has 0 saturated carbocycles. The van der Waals surface area contributed by atoms with Gasteiger partial charge in [-0.1, -0.05) is 12.1 Å². The van der Waals surface area contributed by atoms with E-state index in [0.29, 0.717) is 23.4 Å². The lowest BCUT2D eigenvalue weighted by Gasteiger charge is -2.13. The Bertz CT molecular complexity index is 954. The van der Waals surface area contributed by atoms with Crippen LogP contribution < -0.4 is 15.5 Å². The first-order valence-corrected chi connectivity index (χ1v) is 8.90. The van der Waals surface area contributed by atoms with Crippen LogP contribution in [0.25, 0.3) is 0 Å². The van der Waals surface area contributed by atoms with Crippen molar-refractivity contribution in [3.63, 3.8) is 0 Å². The summed E-state index contributed by atoms with van der Waals surface area (Å²) >= 11 is 0. The van der Waals surface area contributed by atoms with Gasteiger partial charge in [0.05, 0.1) is 12.2 Å². The van der Waals surface area contributed by atoms with Gasteiger partial charge in [0.2, 0.25) is 0 Å². The quantitative estimate of drug-likeness (QED) is 0.694. The Morgan fingerprint density at radius 2 is 1.61 bits per heavy atom. The number of rotatable bonds is 6. The van der Waals surface area contributed by atoms with Crippen LogP contribution in [-0.2, 0) is 6.54 Å². The van der Waals surface area contributed by atoms with Crippen LogP contribution >= 0.6 is 0 Å². The molecule has 0 saturated heterocycles. The summed E-state index contributed by atoms with van der Waals surface area (Å²) in [5, 5.41) is 5.66. The summed E-state index contributed by atoms with van der Waals surface area (Å²) in [6.45, 7) is 0.328. The number of hydrogen-bond acceptors (Lipinski definition) is 4. The zero-order chi connectivity index (χ0) is 19.9. The normalized spacial score (nSPS) is 10.2. The van der Waals surface area contributed by atoms with Crippen LogP contribution in [0.5, 0.6) is 0 Å². The van der Waals surface area contributed by atoms with Crippen molar-refractivity contribution in [3.05, 3.63) is 89.7 Å². The maximum atomic E-state index is 12.5. The van der Waals surface area contributed by atoms with Gasteiger partial charge in [-0.25, -0.2) is 0 Å². The van der Waals surface area contributed by atoms with Crippen molar-refractivity contribution in [1.29, 1.82) is 0 Å². The van der Waals surface area contributed by atoms with E-state index in [0.717, 1.165) is 11.4 Å². The van der Waals surface area contributed by atoms with E-state index in [2.05, 4.69) is 15.6 Å². The lowest BCUT2D eigenvalue weighted by atomic mass is 10.1. The Labute approximate surface area is 164 Å². The van der Waals surface area contributed by atoms with E-state index in [9.17, 15) is 9.59 Å². The van der Waals surface area contributed by atoms with Crippen LogP contribution in [0.15, 0.2) is 72.9 Å². The van der Waals surface area contributed by atoms with Crippen molar-refractivity contribution in [3.8, 4) is 0 Å². The number of pyridine rings is 1. The van der Waals surface area contributed by atoms with Crippen molar-refractivity contribution >= 4 is 23.2 Å². The van der Waals surface area contributed by atoms with E-state index in [1.54, 1.807) is 30.5 Å². The molecule has 0 aliphatic heterocycles. The van der Waals surface area contributed by atoms with E-state index in [-0.39, 0.29) is 11.8 Å². The fraction of sp³-hybridized carbons (Fsp3) is 0.136. The second-order valence-corrected chi connectivity index (χ2v) is 6.48. The molecule has 0 atom stereocenters. The Morgan fingerprint density at radius 3 is 2.25 bits per heavy atom. The maximum absolute atomic E-state index is 12.5. The molecule has 0 bridgehead atoms. The molecule has 0 spiro atoms. The first-order chi connectivity index (χ1) is 13.5. The number of benzene rings is 2. The second kappa shape index (κ2) is 8.81. The lowest BCUT2D eigenvalue weighted by molar-refractivity contribution is 0.0950. The molecule has 0 radical (unpaired) electrons. The first kappa shape index (κ1) is 19.1. The highest BCUT2D eigenvalue weighted by Gasteiger charge is 2.11. The molecule has 0 fully saturated rings. The zero-order valence-electron chi connectivity index (χ0n) is 15.8. The minimum Gasteiger partial charge on any atom is -0.378 e. The molecule has 2 amide bonds. The maximum Gasteiger partial charge on any atom is 0.255 e. The number of aromatic nitrogens is 1. The van der Waals surface area contributed by atoms with Gasteiger partial charge < -0.3 is 15.5 Å². The number of carbonyl (C=O) groups is 2. The Balaban J connectivity index is 1.64. The molecular formula is C22H22N4O2. The Kier molecular flexibility index (Phi) is 6.01. The Hall–Kier alpha value is -3.67. The van der Waals surface area contributed by atoms with E-state index in [4.69, 9.17) is 0 Å². The van der Waals surface area contributed by atoms with Gasteiger partial charge in [0.15, 0.2) is 0 Å². The van der Waals surface area contributed by atoms with Crippen molar-refractivity contribution in [2.45, 2.75) is 6.54 Å².